The van der Waals surface area contributed by atoms with E-state index in [4.69, 9.17) is 9.47 Å². The van der Waals surface area contributed by atoms with Crippen LogP contribution in [0.15, 0.2) is 30.9 Å². The Kier molecular flexibility index (Phi) is 4.81. The van der Waals surface area contributed by atoms with Crippen LogP contribution in [-0.4, -0.2) is 42.8 Å². The van der Waals surface area contributed by atoms with Crippen molar-refractivity contribution in [3.05, 3.63) is 53.5 Å². The first-order valence-corrected chi connectivity index (χ1v) is 9.98. The molecule has 1 aliphatic rings. The number of nitrogens with zero attached hydrogens (tertiary/aromatic N) is 6. The third kappa shape index (κ3) is 3.39. The molecule has 158 valence electrons. The summed E-state index contributed by atoms with van der Waals surface area (Å²) in [5.41, 5.74) is 4.33. The lowest BCUT2D eigenvalue weighted by Crippen LogP contribution is -2.10. The van der Waals surface area contributed by atoms with Crippen molar-refractivity contribution in [1.29, 1.82) is 0 Å². The molecule has 0 saturated heterocycles. The van der Waals surface area contributed by atoms with Crippen molar-refractivity contribution in [2.45, 2.75) is 26.8 Å². The second-order valence-electron chi connectivity index (χ2n) is 7.06. The lowest BCUT2D eigenvalue weighted by atomic mass is 10.0. The van der Waals surface area contributed by atoms with Crippen molar-refractivity contribution in [3.63, 3.8) is 0 Å². The molecule has 1 N–H and O–H groups in total. The number of benzene rings is 1. The van der Waals surface area contributed by atoms with E-state index < -0.39 is 0 Å². The van der Waals surface area contributed by atoms with E-state index in [1.165, 1.54) is 6.07 Å². The van der Waals surface area contributed by atoms with Crippen molar-refractivity contribution in [3.8, 4) is 22.9 Å². The summed E-state index contributed by atoms with van der Waals surface area (Å²) < 4.78 is 27.1. The fraction of sp³-hybridized carbons (Fsp3) is 0.286. The zero-order chi connectivity index (χ0) is 21.4. The normalized spacial score (nSPS) is 12.6. The van der Waals surface area contributed by atoms with Gasteiger partial charge in [-0.25, -0.2) is 14.4 Å². The third-order valence-electron chi connectivity index (χ3n) is 5.22. The van der Waals surface area contributed by atoms with Gasteiger partial charge in [0.05, 0.1) is 18.9 Å². The van der Waals surface area contributed by atoms with Crippen LogP contribution in [0.3, 0.4) is 0 Å². The summed E-state index contributed by atoms with van der Waals surface area (Å²) in [4.78, 5) is 13.2. The summed E-state index contributed by atoms with van der Waals surface area (Å²) in [6.45, 7) is 5.08. The Morgan fingerprint density at radius 2 is 2.10 bits per heavy atom. The van der Waals surface area contributed by atoms with Gasteiger partial charge in [-0.3, -0.25) is 4.40 Å². The molecule has 3 aromatic heterocycles. The van der Waals surface area contributed by atoms with E-state index in [1.807, 2.05) is 13.8 Å². The molecule has 10 heteroatoms. The van der Waals surface area contributed by atoms with Gasteiger partial charge in [0.25, 0.3) is 0 Å². The second kappa shape index (κ2) is 7.78. The van der Waals surface area contributed by atoms with Gasteiger partial charge in [-0.2, -0.15) is 4.98 Å². The molecule has 0 bridgehead atoms. The van der Waals surface area contributed by atoms with Crippen molar-refractivity contribution < 1.29 is 13.9 Å². The van der Waals surface area contributed by atoms with Gasteiger partial charge in [0.15, 0.2) is 5.65 Å². The topological polar surface area (TPSA) is 99.4 Å². The van der Waals surface area contributed by atoms with Gasteiger partial charge in [-0.1, -0.05) is 0 Å². The van der Waals surface area contributed by atoms with Crippen molar-refractivity contribution >= 4 is 11.6 Å². The van der Waals surface area contributed by atoms with Crippen LogP contribution in [0.5, 0.6) is 11.8 Å². The molecular weight excluding hydrogens is 401 g/mol. The fourth-order valence-electron chi connectivity index (χ4n) is 3.72. The zero-order valence-corrected chi connectivity index (χ0v) is 17.1. The van der Waals surface area contributed by atoms with Gasteiger partial charge in [0.1, 0.15) is 17.9 Å². The van der Waals surface area contributed by atoms with Crippen LogP contribution in [0.25, 0.3) is 16.8 Å². The molecular formula is C21H20FN7O2. The number of fused-ring (bicyclic) bond motifs is 2. The van der Waals surface area contributed by atoms with Gasteiger partial charge in [-0.15, -0.1) is 10.2 Å². The van der Waals surface area contributed by atoms with Crippen LogP contribution in [0, 0.1) is 12.7 Å². The number of rotatable bonds is 6. The second-order valence-corrected chi connectivity index (χ2v) is 7.06. The molecule has 0 aliphatic carbocycles. The number of halogens is 1. The summed E-state index contributed by atoms with van der Waals surface area (Å²) in [6.07, 6.45) is 5.63. The molecule has 0 atom stereocenters. The summed E-state index contributed by atoms with van der Waals surface area (Å²) in [5.74, 6) is 0.974. The van der Waals surface area contributed by atoms with E-state index in [2.05, 4.69) is 30.5 Å². The summed E-state index contributed by atoms with van der Waals surface area (Å²) in [5, 5.41) is 11.5. The first kappa shape index (κ1) is 19.2. The van der Waals surface area contributed by atoms with Gasteiger partial charge < -0.3 is 14.8 Å². The van der Waals surface area contributed by atoms with E-state index >= 15 is 0 Å². The molecule has 0 fully saturated rings. The van der Waals surface area contributed by atoms with E-state index in [9.17, 15) is 4.39 Å². The van der Waals surface area contributed by atoms with E-state index in [0.717, 1.165) is 28.1 Å². The van der Waals surface area contributed by atoms with Crippen LogP contribution >= 0.6 is 0 Å². The zero-order valence-electron chi connectivity index (χ0n) is 17.1. The van der Waals surface area contributed by atoms with Crippen molar-refractivity contribution in [1.82, 2.24) is 29.5 Å². The number of anilines is 1. The highest BCUT2D eigenvalue weighted by Crippen LogP contribution is 2.31. The molecule has 0 unspecified atom stereocenters. The molecule has 0 spiro atoms. The minimum absolute atomic E-state index is 0.267. The Morgan fingerprint density at radius 1 is 1.23 bits per heavy atom. The van der Waals surface area contributed by atoms with Crippen LogP contribution in [0.4, 0.5) is 10.3 Å². The third-order valence-corrected chi connectivity index (χ3v) is 5.22. The predicted molar refractivity (Wildman–Crippen MR) is 111 cm³/mol. The highest BCUT2D eigenvalue weighted by atomic mass is 19.1. The molecule has 31 heavy (non-hydrogen) atoms. The smallest absolute Gasteiger partial charge is 0.316 e. The monoisotopic (exact) mass is 421 g/mol. The molecule has 4 aromatic rings. The standard InChI is InChI=1S/C21H20FN7O2/c1-3-30-21-25-8-14(12(2)27-21)16-10-24-20(29-11-26-28-19(16)29)23-9-15-13-6-7-31-18(13)5-4-17(15)22/h4-5,8,10-11H,3,6-7,9H2,1-2H3,(H,23,24). The Balaban J connectivity index is 1.47. The van der Waals surface area contributed by atoms with E-state index in [1.54, 1.807) is 29.2 Å². The Morgan fingerprint density at radius 3 is 2.94 bits per heavy atom. The minimum atomic E-state index is -0.268. The molecule has 0 radical (unpaired) electrons. The molecule has 0 saturated carbocycles. The number of aromatic nitrogens is 6. The van der Waals surface area contributed by atoms with Crippen molar-refractivity contribution in [2.75, 3.05) is 18.5 Å². The highest BCUT2D eigenvalue weighted by Gasteiger charge is 2.20. The Labute approximate surface area is 177 Å². The number of hydrogen-bond acceptors (Lipinski definition) is 8. The quantitative estimate of drug-likeness (QED) is 0.507. The first-order valence-electron chi connectivity index (χ1n) is 9.98. The van der Waals surface area contributed by atoms with Crippen LogP contribution in [0.2, 0.25) is 0 Å². The Hall–Kier alpha value is -3.82. The van der Waals surface area contributed by atoms with Crippen molar-refractivity contribution in [2.24, 2.45) is 0 Å². The Bertz CT molecular complexity index is 1270. The lowest BCUT2D eigenvalue weighted by Gasteiger charge is -2.13. The number of aryl methyl sites for hydroxylation is 1. The maximum atomic E-state index is 14.4. The number of hydrogen-bond donors (Lipinski definition) is 1. The van der Waals surface area contributed by atoms with Gasteiger partial charge in [-0.05, 0) is 26.0 Å². The minimum Gasteiger partial charge on any atom is -0.493 e. The van der Waals surface area contributed by atoms with Crippen LogP contribution < -0.4 is 14.8 Å². The predicted octanol–water partition coefficient (Wildman–Crippen LogP) is 2.97. The molecule has 5 rings (SSSR count). The van der Waals surface area contributed by atoms with Gasteiger partial charge in [0, 0.05) is 47.6 Å². The van der Waals surface area contributed by atoms with Gasteiger partial charge in [0.2, 0.25) is 5.95 Å². The number of nitrogens with one attached hydrogen (secondary N) is 1. The number of ether oxygens (including phenoxy) is 2. The lowest BCUT2D eigenvalue weighted by molar-refractivity contribution is 0.312. The van der Waals surface area contributed by atoms with Crippen LogP contribution in [-0.2, 0) is 13.0 Å². The molecule has 4 heterocycles. The fourth-order valence-corrected chi connectivity index (χ4v) is 3.72. The van der Waals surface area contributed by atoms with E-state index in [0.29, 0.717) is 42.8 Å². The van der Waals surface area contributed by atoms with Crippen LogP contribution in [0.1, 0.15) is 23.7 Å². The average Bonchev–Trinajstić information content (AvgIpc) is 3.43. The summed E-state index contributed by atoms with van der Waals surface area (Å²) in [6, 6.07) is 3.43. The average molecular weight is 421 g/mol. The van der Waals surface area contributed by atoms with Gasteiger partial charge >= 0.3 is 6.01 Å². The molecule has 1 aliphatic heterocycles. The van der Waals surface area contributed by atoms with E-state index in [-0.39, 0.29) is 12.4 Å². The molecule has 0 amide bonds. The molecule has 9 nitrogen and oxygen atoms in total. The highest BCUT2D eigenvalue weighted by molar-refractivity contribution is 5.78. The SMILES string of the molecule is CCOc1ncc(-c2cnc(NCc3c(F)ccc4c3CCO4)n3cnnc23)c(C)n1. The maximum Gasteiger partial charge on any atom is 0.316 e. The summed E-state index contributed by atoms with van der Waals surface area (Å²) >= 11 is 0. The largest absolute Gasteiger partial charge is 0.493 e. The molecule has 1 aromatic carbocycles. The summed E-state index contributed by atoms with van der Waals surface area (Å²) in [7, 11) is 0. The first-order chi connectivity index (χ1) is 15.2. The maximum absolute atomic E-state index is 14.4.